The molecule has 166 valence electrons. The van der Waals surface area contributed by atoms with Crippen LogP contribution in [-0.2, 0) is 11.2 Å². The molecule has 1 heterocycles. The molecule has 2 aromatic carbocycles. The third kappa shape index (κ3) is 6.74. The lowest BCUT2D eigenvalue weighted by Crippen LogP contribution is -2.48. The van der Waals surface area contributed by atoms with Gasteiger partial charge in [-0.05, 0) is 54.8 Å². The summed E-state index contributed by atoms with van der Waals surface area (Å²) in [6, 6.07) is 15.5. The van der Waals surface area contributed by atoms with E-state index in [-0.39, 0.29) is 11.9 Å². The van der Waals surface area contributed by atoms with Crippen LogP contribution in [-0.4, -0.2) is 43.0 Å². The molecule has 3 amide bonds. The zero-order chi connectivity index (χ0) is 22.1. The van der Waals surface area contributed by atoms with Gasteiger partial charge in [0.25, 0.3) is 0 Å². The molecule has 0 saturated carbocycles. The number of urea groups is 1. The van der Waals surface area contributed by atoms with Gasteiger partial charge in [0.2, 0.25) is 5.91 Å². The highest BCUT2D eigenvalue weighted by atomic mass is 16.2. The van der Waals surface area contributed by atoms with Crippen molar-refractivity contribution in [2.75, 3.05) is 41.7 Å². The van der Waals surface area contributed by atoms with E-state index in [4.69, 9.17) is 0 Å². The SMILES string of the molecule is CCCCCC(=O)N1CCN(c2ccc(NC(=O)Nc3cccc(CC)c3)cc2)CC1. The molecule has 0 spiro atoms. The Morgan fingerprint density at radius 3 is 2.26 bits per heavy atom. The van der Waals surface area contributed by atoms with E-state index in [0.29, 0.717) is 6.42 Å². The molecule has 3 rings (SSSR count). The van der Waals surface area contributed by atoms with Crippen LogP contribution in [0, 0.1) is 0 Å². The van der Waals surface area contributed by atoms with Crippen LogP contribution in [0.2, 0.25) is 0 Å². The molecule has 31 heavy (non-hydrogen) atoms. The first-order valence-electron chi connectivity index (χ1n) is 11.4. The summed E-state index contributed by atoms with van der Waals surface area (Å²) in [5.41, 5.74) is 3.83. The molecule has 0 bridgehead atoms. The summed E-state index contributed by atoms with van der Waals surface area (Å²) in [5, 5.41) is 5.76. The second-order valence-corrected chi connectivity index (χ2v) is 8.00. The zero-order valence-electron chi connectivity index (χ0n) is 18.7. The standard InChI is InChI=1S/C25H34N4O2/c1-3-5-6-10-24(30)29-17-15-28(16-18-29)23-13-11-21(12-14-23)26-25(31)27-22-9-7-8-20(4-2)19-22/h7-9,11-14,19H,3-6,10,15-18H2,1-2H3,(H2,26,27,31). The summed E-state index contributed by atoms with van der Waals surface area (Å²) in [6.07, 6.45) is 4.84. The van der Waals surface area contributed by atoms with Crippen LogP contribution in [0.15, 0.2) is 48.5 Å². The van der Waals surface area contributed by atoms with Crippen molar-refractivity contribution in [3.8, 4) is 0 Å². The fourth-order valence-electron chi connectivity index (χ4n) is 3.82. The van der Waals surface area contributed by atoms with Gasteiger partial charge in [-0.15, -0.1) is 0 Å². The fourth-order valence-corrected chi connectivity index (χ4v) is 3.82. The molecule has 0 aromatic heterocycles. The highest BCUT2D eigenvalue weighted by Gasteiger charge is 2.20. The van der Waals surface area contributed by atoms with Gasteiger partial charge < -0.3 is 20.4 Å². The average molecular weight is 423 g/mol. The van der Waals surface area contributed by atoms with Gasteiger partial charge >= 0.3 is 6.03 Å². The lowest BCUT2D eigenvalue weighted by Gasteiger charge is -2.36. The molecule has 0 radical (unpaired) electrons. The predicted octanol–water partition coefficient (Wildman–Crippen LogP) is 5.12. The van der Waals surface area contributed by atoms with E-state index in [1.807, 2.05) is 53.4 Å². The highest BCUT2D eigenvalue weighted by Crippen LogP contribution is 2.20. The van der Waals surface area contributed by atoms with Crippen molar-refractivity contribution in [2.24, 2.45) is 0 Å². The molecule has 1 saturated heterocycles. The summed E-state index contributed by atoms with van der Waals surface area (Å²) < 4.78 is 0. The molecule has 6 heteroatoms. The lowest BCUT2D eigenvalue weighted by atomic mass is 10.1. The summed E-state index contributed by atoms with van der Waals surface area (Å²) >= 11 is 0. The fraction of sp³-hybridized carbons (Fsp3) is 0.440. The van der Waals surface area contributed by atoms with Crippen molar-refractivity contribution in [1.82, 2.24) is 4.90 Å². The van der Waals surface area contributed by atoms with E-state index >= 15 is 0 Å². The van der Waals surface area contributed by atoms with Crippen molar-refractivity contribution in [2.45, 2.75) is 46.0 Å². The van der Waals surface area contributed by atoms with E-state index < -0.39 is 0 Å². The number of nitrogens with one attached hydrogen (secondary N) is 2. The van der Waals surface area contributed by atoms with Crippen molar-refractivity contribution in [3.05, 3.63) is 54.1 Å². The number of carbonyl (C=O) groups is 2. The Kier molecular flexibility index (Phi) is 8.33. The number of benzene rings is 2. The van der Waals surface area contributed by atoms with E-state index in [2.05, 4.69) is 29.4 Å². The third-order valence-electron chi connectivity index (χ3n) is 5.71. The number of piperazine rings is 1. The van der Waals surface area contributed by atoms with E-state index in [1.165, 1.54) is 5.56 Å². The monoisotopic (exact) mass is 422 g/mol. The topological polar surface area (TPSA) is 64.7 Å². The molecule has 1 aliphatic rings. The number of amides is 3. The van der Waals surface area contributed by atoms with Crippen LogP contribution in [0.1, 0.15) is 45.1 Å². The predicted molar refractivity (Wildman–Crippen MR) is 128 cm³/mol. The highest BCUT2D eigenvalue weighted by molar-refractivity contribution is 5.99. The van der Waals surface area contributed by atoms with Gasteiger partial charge in [-0.3, -0.25) is 4.79 Å². The van der Waals surface area contributed by atoms with E-state index in [1.54, 1.807) is 0 Å². The van der Waals surface area contributed by atoms with Crippen LogP contribution >= 0.6 is 0 Å². The average Bonchev–Trinajstić information content (AvgIpc) is 2.80. The Hall–Kier alpha value is -3.02. The lowest BCUT2D eigenvalue weighted by molar-refractivity contribution is -0.131. The minimum absolute atomic E-state index is 0.254. The number of rotatable bonds is 8. The number of nitrogens with zero attached hydrogens (tertiary/aromatic N) is 2. The molecule has 1 aliphatic heterocycles. The minimum atomic E-state index is -0.254. The van der Waals surface area contributed by atoms with Gasteiger partial charge in [-0.25, -0.2) is 4.79 Å². The maximum absolute atomic E-state index is 12.3. The van der Waals surface area contributed by atoms with Crippen LogP contribution in [0.5, 0.6) is 0 Å². The molecule has 6 nitrogen and oxygen atoms in total. The first-order chi connectivity index (χ1) is 15.1. The Bertz CT molecular complexity index is 858. The Morgan fingerprint density at radius 2 is 1.58 bits per heavy atom. The molecule has 0 aliphatic carbocycles. The van der Waals surface area contributed by atoms with Crippen molar-refractivity contribution >= 4 is 29.0 Å². The Morgan fingerprint density at radius 1 is 0.871 bits per heavy atom. The van der Waals surface area contributed by atoms with Crippen LogP contribution < -0.4 is 15.5 Å². The molecule has 1 fully saturated rings. The van der Waals surface area contributed by atoms with Crippen LogP contribution in [0.25, 0.3) is 0 Å². The van der Waals surface area contributed by atoms with E-state index in [0.717, 1.165) is 68.9 Å². The smallest absolute Gasteiger partial charge is 0.323 e. The summed E-state index contributed by atoms with van der Waals surface area (Å²) in [7, 11) is 0. The number of hydrogen-bond donors (Lipinski definition) is 2. The minimum Gasteiger partial charge on any atom is -0.368 e. The van der Waals surface area contributed by atoms with Crippen LogP contribution in [0.3, 0.4) is 0 Å². The van der Waals surface area contributed by atoms with Crippen molar-refractivity contribution in [1.29, 1.82) is 0 Å². The van der Waals surface area contributed by atoms with Crippen molar-refractivity contribution < 1.29 is 9.59 Å². The molecular formula is C25H34N4O2. The van der Waals surface area contributed by atoms with E-state index in [9.17, 15) is 9.59 Å². The van der Waals surface area contributed by atoms with Gasteiger partial charge in [-0.1, -0.05) is 38.8 Å². The van der Waals surface area contributed by atoms with Gasteiger partial charge in [0.15, 0.2) is 0 Å². The van der Waals surface area contributed by atoms with Gasteiger partial charge in [-0.2, -0.15) is 0 Å². The maximum atomic E-state index is 12.3. The van der Waals surface area contributed by atoms with Gasteiger partial charge in [0.05, 0.1) is 0 Å². The Balaban J connectivity index is 1.47. The zero-order valence-corrected chi connectivity index (χ0v) is 18.7. The number of anilines is 3. The molecule has 0 atom stereocenters. The first-order valence-corrected chi connectivity index (χ1v) is 11.4. The second-order valence-electron chi connectivity index (χ2n) is 8.00. The largest absolute Gasteiger partial charge is 0.368 e. The maximum Gasteiger partial charge on any atom is 0.323 e. The summed E-state index contributed by atoms with van der Waals surface area (Å²) in [6.45, 7) is 7.45. The normalized spacial score (nSPS) is 13.7. The summed E-state index contributed by atoms with van der Waals surface area (Å²) in [4.78, 5) is 28.9. The first kappa shape index (κ1) is 22.7. The van der Waals surface area contributed by atoms with Gasteiger partial charge in [0.1, 0.15) is 0 Å². The van der Waals surface area contributed by atoms with Gasteiger partial charge in [0, 0.05) is 49.7 Å². The molecule has 0 unspecified atom stereocenters. The second kappa shape index (κ2) is 11.4. The number of unbranched alkanes of at least 4 members (excludes halogenated alkanes) is 2. The molecular weight excluding hydrogens is 388 g/mol. The summed E-state index contributed by atoms with van der Waals surface area (Å²) in [5.74, 6) is 0.281. The molecule has 2 aromatic rings. The van der Waals surface area contributed by atoms with Crippen LogP contribution in [0.4, 0.5) is 21.9 Å². The number of carbonyl (C=O) groups excluding carboxylic acids is 2. The molecule has 2 N–H and O–H groups in total. The number of aryl methyl sites for hydroxylation is 1. The van der Waals surface area contributed by atoms with Crippen molar-refractivity contribution in [3.63, 3.8) is 0 Å². The Labute approximate surface area is 185 Å². The quantitative estimate of drug-likeness (QED) is 0.580. The third-order valence-corrected chi connectivity index (χ3v) is 5.71. The number of hydrogen-bond acceptors (Lipinski definition) is 3.